The van der Waals surface area contributed by atoms with E-state index in [1.165, 1.54) is 32.1 Å². The summed E-state index contributed by atoms with van der Waals surface area (Å²) in [6, 6.07) is 0.400. The van der Waals surface area contributed by atoms with Crippen LogP contribution in [0.5, 0.6) is 0 Å². The Morgan fingerprint density at radius 2 is 1.91 bits per heavy atom. The fraction of sp³-hybridized carbons (Fsp3) is 1.00. The first-order chi connectivity index (χ1) is 5.22. The van der Waals surface area contributed by atoms with Crippen molar-refractivity contribution < 1.29 is 0 Å². The van der Waals surface area contributed by atoms with Gasteiger partial charge in [0.05, 0.1) is 0 Å². The molecule has 0 aromatic heterocycles. The van der Waals surface area contributed by atoms with E-state index in [1.807, 2.05) is 0 Å². The molecule has 11 heavy (non-hydrogen) atoms. The molecule has 0 spiro atoms. The largest absolute Gasteiger partial charge is 0.327 e. The van der Waals surface area contributed by atoms with Crippen LogP contribution in [0.4, 0.5) is 0 Å². The zero-order valence-electron chi connectivity index (χ0n) is 7.84. The molecule has 0 bridgehead atoms. The van der Waals surface area contributed by atoms with Crippen LogP contribution in [-0.4, -0.2) is 11.7 Å². The normalized spacial score (nSPS) is 16.4. The van der Waals surface area contributed by atoms with E-state index in [2.05, 4.69) is 23.1 Å². The molecule has 0 fully saturated rings. The highest BCUT2D eigenvalue weighted by atomic mass is 31.0. The topological polar surface area (TPSA) is 26.0 Å². The Balaban J connectivity index is 3.28. The summed E-state index contributed by atoms with van der Waals surface area (Å²) in [7, 11) is 2.83. The van der Waals surface area contributed by atoms with Gasteiger partial charge < -0.3 is 5.73 Å². The fourth-order valence-corrected chi connectivity index (χ4v) is 1.34. The fourth-order valence-electron chi connectivity index (χ4n) is 1.15. The van der Waals surface area contributed by atoms with Crippen LogP contribution < -0.4 is 5.73 Å². The van der Waals surface area contributed by atoms with E-state index in [0.717, 1.165) is 0 Å². The van der Waals surface area contributed by atoms with Gasteiger partial charge in [0.1, 0.15) is 0 Å². The van der Waals surface area contributed by atoms with E-state index >= 15 is 0 Å². The first-order valence-electron chi connectivity index (χ1n) is 4.73. The summed E-state index contributed by atoms with van der Waals surface area (Å²) >= 11 is 0. The third-order valence-corrected chi connectivity index (χ3v) is 3.13. The molecular formula is C9H22NP. The Morgan fingerprint density at radius 1 is 1.27 bits per heavy atom. The molecule has 0 aliphatic rings. The number of nitrogens with two attached hydrogens (primary N) is 1. The van der Waals surface area contributed by atoms with Gasteiger partial charge in [-0.05, 0) is 18.5 Å². The highest BCUT2D eigenvalue weighted by molar-refractivity contribution is 7.17. The Labute approximate surface area is 73.3 Å². The van der Waals surface area contributed by atoms with E-state index in [-0.39, 0.29) is 0 Å². The molecule has 1 nitrogen and oxygen atoms in total. The van der Waals surface area contributed by atoms with E-state index < -0.39 is 0 Å². The van der Waals surface area contributed by atoms with Crippen molar-refractivity contribution >= 4 is 9.24 Å². The van der Waals surface area contributed by atoms with Crippen molar-refractivity contribution in [2.75, 3.05) is 0 Å². The van der Waals surface area contributed by atoms with Crippen molar-refractivity contribution in [1.29, 1.82) is 0 Å². The van der Waals surface area contributed by atoms with Crippen molar-refractivity contribution in [3.63, 3.8) is 0 Å². The van der Waals surface area contributed by atoms with Crippen LogP contribution in [0.2, 0.25) is 0 Å². The van der Waals surface area contributed by atoms with Crippen molar-refractivity contribution in [2.45, 2.75) is 57.7 Å². The second-order valence-electron chi connectivity index (χ2n) is 3.23. The smallest absolute Gasteiger partial charge is 0.0102 e. The quantitative estimate of drug-likeness (QED) is 0.487. The molecule has 0 aromatic carbocycles. The van der Waals surface area contributed by atoms with Crippen LogP contribution in [0.15, 0.2) is 0 Å². The Bertz CT molecular complexity index is 85.6. The van der Waals surface area contributed by atoms with Crippen molar-refractivity contribution in [3.05, 3.63) is 0 Å². The molecule has 3 atom stereocenters. The summed E-state index contributed by atoms with van der Waals surface area (Å²) in [5, 5.41) is 0. The van der Waals surface area contributed by atoms with E-state index in [1.54, 1.807) is 0 Å². The molecule has 0 saturated heterocycles. The molecule has 0 aromatic rings. The van der Waals surface area contributed by atoms with Crippen molar-refractivity contribution in [2.24, 2.45) is 5.73 Å². The Morgan fingerprint density at radius 3 is 2.36 bits per heavy atom. The van der Waals surface area contributed by atoms with Gasteiger partial charge in [-0.3, -0.25) is 0 Å². The summed E-state index contributed by atoms with van der Waals surface area (Å²) in [6.45, 7) is 4.42. The number of unbranched alkanes of at least 4 members (excludes halogenated alkanes) is 2. The zero-order valence-corrected chi connectivity index (χ0v) is 9.00. The monoisotopic (exact) mass is 175 g/mol. The number of rotatable bonds is 6. The minimum atomic E-state index is 0.400. The predicted molar refractivity (Wildman–Crippen MR) is 55.9 cm³/mol. The molecule has 2 N–H and O–H groups in total. The molecule has 0 radical (unpaired) electrons. The molecule has 2 heteroatoms. The van der Waals surface area contributed by atoms with E-state index in [9.17, 15) is 0 Å². The summed E-state index contributed by atoms with van der Waals surface area (Å²) in [5.41, 5.74) is 6.57. The molecule has 0 rings (SSSR count). The van der Waals surface area contributed by atoms with Crippen LogP contribution >= 0.6 is 9.24 Å². The van der Waals surface area contributed by atoms with Crippen molar-refractivity contribution in [3.8, 4) is 0 Å². The second kappa shape index (κ2) is 7.06. The first-order valence-corrected chi connectivity index (χ1v) is 5.40. The lowest BCUT2D eigenvalue weighted by atomic mass is 10.0. The third-order valence-electron chi connectivity index (χ3n) is 2.16. The maximum Gasteiger partial charge on any atom is 0.0102 e. The maximum atomic E-state index is 5.95. The lowest BCUT2D eigenvalue weighted by Gasteiger charge is -2.17. The summed E-state index contributed by atoms with van der Waals surface area (Å²) in [4.78, 5) is 0. The summed E-state index contributed by atoms with van der Waals surface area (Å²) in [5.74, 6) is 0. The average Bonchev–Trinajstić information content (AvgIpc) is 2.03. The van der Waals surface area contributed by atoms with Gasteiger partial charge in [0.25, 0.3) is 0 Å². The lowest BCUT2D eigenvalue weighted by Crippen LogP contribution is -2.29. The van der Waals surface area contributed by atoms with Gasteiger partial charge in [-0.25, -0.2) is 0 Å². The second-order valence-corrected chi connectivity index (χ2v) is 4.09. The Hall–Kier alpha value is 0.390. The van der Waals surface area contributed by atoms with Gasteiger partial charge in [0, 0.05) is 6.04 Å². The van der Waals surface area contributed by atoms with E-state index in [0.29, 0.717) is 11.7 Å². The zero-order chi connectivity index (χ0) is 8.69. The minimum absolute atomic E-state index is 0.400. The van der Waals surface area contributed by atoms with Gasteiger partial charge in [-0.15, -0.1) is 9.24 Å². The van der Waals surface area contributed by atoms with Crippen LogP contribution in [0.25, 0.3) is 0 Å². The molecule has 0 heterocycles. The molecule has 3 unspecified atom stereocenters. The van der Waals surface area contributed by atoms with Crippen LogP contribution in [0, 0.1) is 0 Å². The third kappa shape index (κ3) is 5.64. The highest BCUT2D eigenvalue weighted by Crippen LogP contribution is 2.13. The number of hydrogen-bond donors (Lipinski definition) is 1. The molecule has 0 aliphatic heterocycles. The van der Waals surface area contributed by atoms with Gasteiger partial charge >= 0.3 is 0 Å². The molecular weight excluding hydrogens is 153 g/mol. The van der Waals surface area contributed by atoms with Crippen LogP contribution in [0.1, 0.15) is 46.0 Å². The highest BCUT2D eigenvalue weighted by Gasteiger charge is 2.09. The molecule has 0 amide bonds. The maximum absolute atomic E-state index is 5.95. The van der Waals surface area contributed by atoms with Gasteiger partial charge in [0.2, 0.25) is 0 Å². The van der Waals surface area contributed by atoms with Crippen LogP contribution in [0.3, 0.4) is 0 Å². The average molecular weight is 175 g/mol. The SMILES string of the molecule is CCCCCC(N)C(P)CC. The molecule has 0 saturated carbocycles. The van der Waals surface area contributed by atoms with Gasteiger partial charge in [-0.2, -0.15) is 0 Å². The van der Waals surface area contributed by atoms with Crippen LogP contribution in [-0.2, 0) is 0 Å². The predicted octanol–water partition coefficient (Wildman–Crippen LogP) is 2.55. The summed E-state index contributed by atoms with van der Waals surface area (Å²) in [6.07, 6.45) is 6.28. The van der Waals surface area contributed by atoms with Crippen molar-refractivity contribution in [1.82, 2.24) is 0 Å². The number of hydrogen-bond acceptors (Lipinski definition) is 1. The van der Waals surface area contributed by atoms with E-state index in [4.69, 9.17) is 5.73 Å². The molecule has 68 valence electrons. The van der Waals surface area contributed by atoms with Gasteiger partial charge in [0.15, 0.2) is 0 Å². The molecule has 0 aliphatic carbocycles. The standard InChI is InChI=1S/C9H22NP/c1-3-5-6-7-8(10)9(11)4-2/h8-9H,3-7,10-11H2,1-2H3. The summed E-state index contributed by atoms with van der Waals surface area (Å²) < 4.78 is 0. The van der Waals surface area contributed by atoms with Gasteiger partial charge in [-0.1, -0.05) is 33.1 Å². The lowest BCUT2D eigenvalue weighted by molar-refractivity contribution is 0.534. The minimum Gasteiger partial charge on any atom is -0.327 e. The first kappa shape index (κ1) is 11.4. The Kier molecular flexibility index (Phi) is 7.31.